The van der Waals surface area contributed by atoms with Crippen molar-refractivity contribution in [1.29, 1.82) is 0 Å². The van der Waals surface area contributed by atoms with Gasteiger partial charge in [-0.2, -0.15) is 0 Å². The average molecular weight is 259 g/mol. The summed E-state index contributed by atoms with van der Waals surface area (Å²) in [6.07, 6.45) is 3.71. The topological polar surface area (TPSA) is 32.5 Å². The maximum atomic E-state index is 5.83. The Morgan fingerprint density at radius 3 is 2.89 bits per heavy atom. The van der Waals surface area contributed by atoms with Crippen LogP contribution in [0.25, 0.3) is 0 Å². The molecule has 1 aromatic carbocycles. The molecule has 2 unspecified atom stereocenters. The van der Waals surface area contributed by atoms with Crippen LogP contribution in [0.4, 0.5) is 5.69 Å². The number of hydrogen-bond donors (Lipinski definition) is 1. The van der Waals surface area contributed by atoms with Gasteiger partial charge in [-0.15, -0.1) is 0 Å². The number of benzene rings is 1. The molecule has 1 aromatic rings. The third kappa shape index (κ3) is 2.37. The zero-order valence-corrected chi connectivity index (χ0v) is 12.1. The first-order chi connectivity index (χ1) is 9.19. The molecule has 3 nitrogen and oxygen atoms in total. The van der Waals surface area contributed by atoms with Crippen LogP contribution in [-0.4, -0.2) is 38.6 Å². The zero-order chi connectivity index (χ0) is 13.4. The van der Waals surface area contributed by atoms with E-state index in [2.05, 4.69) is 42.1 Å². The lowest BCUT2D eigenvalue weighted by molar-refractivity contribution is 0.313. The van der Waals surface area contributed by atoms with Crippen molar-refractivity contribution < 1.29 is 0 Å². The Balaban J connectivity index is 1.86. The number of nitrogens with zero attached hydrogens (tertiary/aromatic N) is 2. The molecule has 2 aliphatic rings. The van der Waals surface area contributed by atoms with Gasteiger partial charge in [-0.3, -0.25) is 4.90 Å². The van der Waals surface area contributed by atoms with E-state index in [9.17, 15) is 0 Å². The van der Waals surface area contributed by atoms with Crippen molar-refractivity contribution in [1.82, 2.24) is 4.90 Å². The predicted molar refractivity (Wildman–Crippen MR) is 80.6 cm³/mol. The van der Waals surface area contributed by atoms with E-state index in [-0.39, 0.29) is 0 Å². The van der Waals surface area contributed by atoms with E-state index in [1.165, 1.54) is 42.6 Å². The van der Waals surface area contributed by atoms with Crippen molar-refractivity contribution in [3.63, 3.8) is 0 Å². The quantitative estimate of drug-likeness (QED) is 0.882. The molecule has 0 amide bonds. The molecule has 1 saturated heterocycles. The molecule has 1 fully saturated rings. The van der Waals surface area contributed by atoms with Gasteiger partial charge in [0.1, 0.15) is 0 Å². The Kier molecular flexibility index (Phi) is 3.50. The highest BCUT2D eigenvalue weighted by Crippen LogP contribution is 2.36. The molecule has 2 aliphatic heterocycles. The third-order valence-corrected chi connectivity index (χ3v) is 4.81. The number of nitrogens with two attached hydrogens (primary N) is 1. The number of anilines is 1. The number of fused-ring (bicyclic) bond motifs is 1. The Morgan fingerprint density at radius 1 is 1.32 bits per heavy atom. The lowest BCUT2D eigenvalue weighted by Crippen LogP contribution is -2.25. The highest BCUT2D eigenvalue weighted by atomic mass is 15.2. The Bertz CT molecular complexity index is 457. The summed E-state index contributed by atoms with van der Waals surface area (Å²) in [5.74, 6) is 0.661. The molecule has 0 spiro atoms. The first kappa shape index (κ1) is 12.9. The van der Waals surface area contributed by atoms with E-state index in [4.69, 9.17) is 5.73 Å². The molecule has 0 aliphatic carbocycles. The van der Waals surface area contributed by atoms with E-state index in [0.29, 0.717) is 12.0 Å². The molecule has 2 heterocycles. The standard InChI is InChI=1S/C16H25N3/c1-18-7-3-4-13-9-14(5-6-15(13)18)16-8-12(10-17)11-19(16)2/h5-6,9,12,16H,3-4,7-8,10-11,17H2,1-2H3. The number of rotatable bonds is 2. The van der Waals surface area contributed by atoms with Crippen LogP contribution in [0.2, 0.25) is 0 Å². The molecule has 19 heavy (non-hydrogen) atoms. The summed E-state index contributed by atoms with van der Waals surface area (Å²) in [7, 11) is 4.43. The third-order valence-electron chi connectivity index (χ3n) is 4.81. The molecule has 0 radical (unpaired) electrons. The summed E-state index contributed by atoms with van der Waals surface area (Å²) in [4.78, 5) is 4.84. The average Bonchev–Trinajstić information content (AvgIpc) is 2.80. The summed E-state index contributed by atoms with van der Waals surface area (Å²) < 4.78 is 0. The van der Waals surface area contributed by atoms with Gasteiger partial charge < -0.3 is 10.6 Å². The van der Waals surface area contributed by atoms with Gasteiger partial charge in [0.15, 0.2) is 0 Å². The van der Waals surface area contributed by atoms with Crippen LogP contribution in [-0.2, 0) is 6.42 Å². The molecule has 0 saturated carbocycles. The van der Waals surface area contributed by atoms with Crippen LogP contribution in [0.3, 0.4) is 0 Å². The predicted octanol–water partition coefficient (Wildman–Crippen LogP) is 2.02. The van der Waals surface area contributed by atoms with E-state index >= 15 is 0 Å². The minimum absolute atomic E-state index is 0.561. The highest BCUT2D eigenvalue weighted by molar-refractivity contribution is 5.56. The molecule has 3 rings (SSSR count). The van der Waals surface area contributed by atoms with E-state index in [1.54, 1.807) is 0 Å². The van der Waals surface area contributed by atoms with Gasteiger partial charge in [0.25, 0.3) is 0 Å². The molecule has 3 heteroatoms. The lowest BCUT2D eigenvalue weighted by atomic mass is 9.94. The minimum atomic E-state index is 0.561. The second-order valence-corrected chi connectivity index (χ2v) is 6.21. The fourth-order valence-electron chi connectivity index (χ4n) is 3.68. The van der Waals surface area contributed by atoms with Gasteiger partial charge in [-0.05, 0) is 56.0 Å². The van der Waals surface area contributed by atoms with Crippen LogP contribution in [0.5, 0.6) is 0 Å². The molecule has 104 valence electrons. The van der Waals surface area contributed by atoms with Crippen LogP contribution in [0.15, 0.2) is 18.2 Å². The molecule has 2 atom stereocenters. The maximum absolute atomic E-state index is 5.83. The summed E-state index contributed by atoms with van der Waals surface area (Å²) >= 11 is 0. The van der Waals surface area contributed by atoms with Crippen molar-refractivity contribution in [2.24, 2.45) is 11.7 Å². The van der Waals surface area contributed by atoms with Gasteiger partial charge in [-0.25, -0.2) is 0 Å². The summed E-state index contributed by atoms with van der Waals surface area (Å²) in [5.41, 5.74) is 10.3. The lowest BCUT2D eigenvalue weighted by Gasteiger charge is -2.29. The fourth-order valence-corrected chi connectivity index (χ4v) is 3.68. The number of hydrogen-bond acceptors (Lipinski definition) is 3. The van der Waals surface area contributed by atoms with Crippen LogP contribution >= 0.6 is 0 Å². The van der Waals surface area contributed by atoms with E-state index in [1.807, 2.05) is 0 Å². The van der Waals surface area contributed by atoms with Crippen LogP contribution < -0.4 is 10.6 Å². The van der Waals surface area contributed by atoms with Crippen LogP contribution in [0.1, 0.15) is 30.0 Å². The first-order valence-electron chi connectivity index (χ1n) is 7.43. The SMILES string of the molecule is CN1CCCc2cc(C3CC(CN)CN3C)ccc21. The second-order valence-electron chi connectivity index (χ2n) is 6.21. The summed E-state index contributed by atoms with van der Waals surface area (Å²) in [5, 5.41) is 0. The molecule has 0 aromatic heterocycles. The molecular formula is C16H25N3. The Morgan fingerprint density at radius 2 is 2.16 bits per heavy atom. The minimum Gasteiger partial charge on any atom is -0.374 e. The van der Waals surface area contributed by atoms with Crippen molar-refractivity contribution in [3.05, 3.63) is 29.3 Å². The summed E-state index contributed by atoms with van der Waals surface area (Å²) in [6.45, 7) is 3.14. The van der Waals surface area contributed by atoms with Gasteiger partial charge in [0.2, 0.25) is 0 Å². The van der Waals surface area contributed by atoms with E-state index < -0.39 is 0 Å². The van der Waals surface area contributed by atoms with Gasteiger partial charge in [0, 0.05) is 31.9 Å². The first-order valence-corrected chi connectivity index (χ1v) is 7.43. The van der Waals surface area contributed by atoms with Crippen LogP contribution in [0, 0.1) is 5.92 Å². The highest BCUT2D eigenvalue weighted by Gasteiger charge is 2.30. The second kappa shape index (κ2) is 5.14. The zero-order valence-electron chi connectivity index (χ0n) is 12.1. The summed E-state index contributed by atoms with van der Waals surface area (Å²) in [6, 6.07) is 7.63. The maximum Gasteiger partial charge on any atom is 0.0396 e. The Labute approximate surface area is 116 Å². The van der Waals surface area contributed by atoms with Crippen molar-refractivity contribution in [2.75, 3.05) is 38.6 Å². The fraction of sp³-hybridized carbons (Fsp3) is 0.625. The Hall–Kier alpha value is -1.06. The number of likely N-dealkylation sites (tertiary alicyclic amines) is 1. The van der Waals surface area contributed by atoms with Crippen molar-refractivity contribution in [2.45, 2.75) is 25.3 Å². The van der Waals surface area contributed by atoms with Crippen molar-refractivity contribution >= 4 is 5.69 Å². The molecular weight excluding hydrogens is 234 g/mol. The van der Waals surface area contributed by atoms with E-state index in [0.717, 1.165) is 13.1 Å². The number of aryl methyl sites for hydroxylation is 1. The largest absolute Gasteiger partial charge is 0.374 e. The molecule has 2 N–H and O–H groups in total. The normalized spacial score (nSPS) is 27.6. The monoisotopic (exact) mass is 259 g/mol. The molecule has 0 bridgehead atoms. The van der Waals surface area contributed by atoms with Gasteiger partial charge in [0.05, 0.1) is 0 Å². The van der Waals surface area contributed by atoms with Gasteiger partial charge in [-0.1, -0.05) is 12.1 Å². The van der Waals surface area contributed by atoms with Gasteiger partial charge >= 0.3 is 0 Å². The van der Waals surface area contributed by atoms with Crippen molar-refractivity contribution in [3.8, 4) is 0 Å². The smallest absolute Gasteiger partial charge is 0.0396 e.